The number of para-hydroxylation sites is 1. The highest BCUT2D eigenvalue weighted by atomic mass is 16.5. The van der Waals surface area contributed by atoms with Gasteiger partial charge in [-0.05, 0) is 13.0 Å². The third-order valence-corrected chi connectivity index (χ3v) is 3.33. The number of benzene rings is 1. The van der Waals surface area contributed by atoms with E-state index in [4.69, 9.17) is 4.74 Å². The lowest BCUT2D eigenvalue weighted by atomic mass is 10.2. The van der Waals surface area contributed by atoms with E-state index in [0.717, 1.165) is 16.8 Å². The maximum Gasteiger partial charge on any atom is 0.222 e. The summed E-state index contributed by atoms with van der Waals surface area (Å²) < 4.78 is 7.75. The van der Waals surface area contributed by atoms with Crippen LogP contribution in [0.4, 0.5) is 0 Å². The molecule has 2 rings (SSSR count). The van der Waals surface area contributed by atoms with Gasteiger partial charge in [-0.25, -0.2) is 4.68 Å². The molecule has 0 amide bonds. The van der Waals surface area contributed by atoms with Gasteiger partial charge in [0.05, 0.1) is 17.9 Å². The highest BCUT2D eigenvalue weighted by molar-refractivity contribution is 5.39. The van der Waals surface area contributed by atoms with E-state index in [1.54, 1.807) is 4.68 Å². The molecule has 0 spiro atoms. The molecule has 0 aliphatic carbocycles. The first-order chi connectivity index (χ1) is 10.0. The van der Waals surface area contributed by atoms with E-state index in [0.29, 0.717) is 24.2 Å². The fourth-order valence-corrected chi connectivity index (χ4v) is 2.16. The minimum atomic E-state index is -0.0490. The molecule has 1 heterocycles. The minimum Gasteiger partial charge on any atom is -0.439 e. The molecule has 5 nitrogen and oxygen atoms in total. The summed E-state index contributed by atoms with van der Waals surface area (Å²) >= 11 is 0. The minimum absolute atomic E-state index is 0.0490. The molecule has 0 saturated carbocycles. The van der Waals surface area contributed by atoms with Crippen LogP contribution in [0, 0.1) is 6.92 Å². The van der Waals surface area contributed by atoms with Gasteiger partial charge >= 0.3 is 0 Å². The van der Waals surface area contributed by atoms with E-state index in [9.17, 15) is 5.11 Å². The lowest BCUT2D eigenvalue weighted by Crippen LogP contribution is -2.22. The molecule has 0 bridgehead atoms. The average Bonchev–Trinajstić information content (AvgIpc) is 2.71. The number of rotatable bonds is 6. The topological polar surface area (TPSA) is 59.3 Å². The highest BCUT2D eigenvalue weighted by Crippen LogP contribution is 2.29. The van der Waals surface area contributed by atoms with E-state index in [2.05, 4.69) is 24.3 Å². The second-order valence-corrected chi connectivity index (χ2v) is 5.40. The number of aliphatic hydroxyl groups excluding tert-OH is 1. The van der Waals surface area contributed by atoms with Crippen molar-refractivity contribution in [3.8, 4) is 11.6 Å². The van der Waals surface area contributed by atoms with Crippen LogP contribution in [-0.4, -0.2) is 20.9 Å². The summed E-state index contributed by atoms with van der Waals surface area (Å²) in [6.45, 7) is 6.84. The van der Waals surface area contributed by atoms with Crippen LogP contribution in [0.5, 0.6) is 11.6 Å². The lowest BCUT2D eigenvalue weighted by Gasteiger charge is -2.13. The van der Waals surface area contributed by atoms with Crippen molar-refractivity contribution in [3.63, 3.8) is 0 Å². The van der Waals surface area contributed by atoms with E-state index in [1.807, 2.05) is 38.2 Å². The van der Waals surface area contributed by atoms with E-state index >= 15 is 0 Å². The lowest BCUT2D eigenvalue weighted by molar-refractivity contribution is 0.275. The summed E-state index contributed by atoms with van der Waals surface area (Å²) in [7, 11) is 1.86. The van der Waals surface area contributed by atoms with Gasteiger partial charge in [0, 0.05) is 25.2 Å². The van der Waals surface area contributed by atoms with E-state index in [-0.39, 0.29) is 6.61 Å². The SMILES string of the molecule is Cc1nn(C)c(Oc2ccccc2CO)c1CNC(C)C. The molecule has 2 aromatic rings. The number of nitrogens with zero attached hydrogens (tertiary/aromatic N) is 2. The van der Waals surface area contributed by atoms with Crippen molar-refractivity contribution in [2.24, 2.45) is 7.05 Å². The van der Waals surface area contributed by atoms with Crippen LogP contribution in [0.1, 0.15) is 30.7 Å². The molecule has 0 atom stereocenters. The molecule has 0 saturated heterocycles. The van der Waals surface area contributed by atoms with Gasteiger partial charge in [0.25, 0.3) is 0 Å². The Labute approximate surface area is 125 Å². The Morgan fingerprint density at radius 3 is 2.71 bits per heavy atom. The summed E-state index contributed by atoms with van der Waals surface area (Å²) in [6, 6.07) is 7.87. The Balaban J connectivity index is 2.30. The van der Waals surface area contributed by atoms with Crippen molar-refractivity contribution in [2.45, 2.75) is 40.0 Å². The third kappa shape index (κ3) is 3.62. The smallest absolute Gasteiger partial charge is 0.222 e. The summed E-state index contributed by atoms with van der Waals surface area (Å²) in [5, 5.41) is 17.2. The average molecular weight is 289 g/mol. The zero-order valence-electron chi connectivity index (χ0n) is 13.1. The van der Waals surface area contributed by atoms with Gasteiger partial charge in [-0.3, -0.25) is 0 Å². The molecule has 0 radical (unpaired) electrons. The molecule has 1 aromatic carbocycles. The number of nitrogens with one attached hydrogen (secondary N) is 1. The van der Waals surface area contributed by atoms with Crippen LogP contribution in [-0.2, 0) is 20.2 Å². The van der Waals surface area contributed by atoms with Crippen LogP contribution >= 0.6 is 0 Å². The summed E-state index contributed by atoms with van der Waals surface area (Å²) in [6.07, 6.45) is 0. The molecule has 1 aromatic heterocycles. The van der Waals surface area contributed by atoms with Crippen molar-refractivity contribution >= 4 is 0 Å². The number of hydrogen-bond donors (Lipinski definition) is 2. The summed E-state index contributed by atoms with van der Waals surface area (Å²) in [5.41, 5.74) is 2.75. The van der Waals surface area contributed by atoms with Crippen LogP contribution in [0.3, 0.4) is 0 Å². The van der Waals surface area contributed by atoms with Crippen molar-refractivity contribution in [1.29, 1.82) is 0 Å². The molecule has 0 unspecified atom stereocenters. The Morgan fingerprint density at radius 1 is 1.33 bits per heavy atom. The van der Waals surface area contributed by atoms with E-state index < -0.39 is 0 Å². The second kappa shape index (κ2) is 6.74. The van der Waals surface area contributed by atoms with Gasteiger partial charge < -0.3 is 15.2 Å². The van der Waals surface area contributed by atoms with Crippen LogP contribution in [0.15, 0.2) is 24.3 Å². The molecule has 114 valence electrons. The monoisotopic (exact) mass is 289 g/mol. The van der Waals surface area contributed by atoms with Crippen LogP contribution in [0.2, 0.25) is 0 Å². The molecular weight excluding hydrogens is 266 g/mol. The zero-order chi connectivity index (χ0) is 15.4. The Kier molecular flexibility index (Phi) is 4.98. The Bertz CT molecular complexity index is 606. The fourth-order valence-electron chi connectivity index (χ4n) is 2.16. The first kappa shape index (κ1) is 15.5. The van der Waals surface area contributed by atoms with Crippen molar-refractivity contribution in [1.82, 2.24) is 15.1 Å². The fraction of sp³-hybridized carbons (Fsp3) is 0.438. The van der Waals surface area contributed by atoms with Gasteiger partial charge in [0.2, 0.25) is 5.88 Å². The van der Waals surface area contributed by atoms with Gasteiger partial charge in [0.15, 0.2) is 0 Å². The first-order valence-electron chi connectivity index (χ1n) is 7.15. The van der Waals surface area contributed by atoms with Crippen LogP contribution in [0.25, 0.3) is 0 Å². The zero-order valence-corrected chi connectivity index (χ0v) is 13.1. The van der Waals surface area contributed by atoms with Crippen molar-refractivity contribution < 1.29 is 9.84 Å². The number of ether oxygens (including phenoxy) is 1. The molecule has 5 heteroatoms. The van der Waals surface area contributed by atoms with Gasteiger partial charge in [-0.1, -0.05) is 32.0 Å². The largest absolute Gasteiger partial charge is 0.439 e. The third-order valence-electron chi connectivity index (χ3n) is 3.33. The maximum atomic E-state index is 9.40. The van der Waals surface area contributed by atoms with Gasteiger partial charge in [0.1, 0.15) is 5.75 Å². The van der Waals surface area contributed by atoms with E-state index in [1.165, 1.54) is 0 Å². The number of aromatic nitrogens is 2. The second-order valence-electron chi connectivity index (χ2n) is 5.40. The normalized spacial score (nSPS) is 11.1. The Morgan fingerprint density at radius 2 is 2.05 bits per heavy atom. The van der Waals surface area contributed by atoms with Crippen molar-refractivity contribution in [2.75, 3.05) is 0 Å². The number of aliphatic hydroxyl groups is 1. The van der Waals surface area contributed by atoms with Gasteiger partial charge in [-0.15, -0.1) is 0 Å². The molecule has 2 N–H and O–H groups in total. The maximum absolute atomic E-state index is 9.40. The number of aryl methyl sites for hydroxylation is 2. The van der Waals surface area contributed by atoms with Crippen LogP contribution < -0.4 is 10.1 Å². The standard InChI is InChI=1S/C16H23N3O2/c1-11(2)17-9-14-12(3)18-19(4)16(14)21-15-8-6-5-7-13(15)10-20/h5-8,11,17,20H,9-10H2,1-4H3. The quantitative estimate of drug-likeness (QED) is 0.858. The summed E-state index contributed by atoms with van der Waals surface area (Å²) in [4.78, 5) is 0. The first-order valence-corrected chi connectivity index (χ1v) is 7.15. The molecule has 21 heavy (non-hydrogen) atoms. The highest BCUT2D eigenvalue weighted by Gasteiger charge is 2.16. The molecule has 0 fully saturated rings. The van der Waals surface area contributed by atoms with Gasteiger partial charge in [-0.2, -0.15) is 5.10 Å². The Hall–Kier alpha value is -1.85. The number of hydrogen-bond acceptors (Lipinski definition) is 4. The predicted molar refractivity (Wildman–Crippen MR) is 82.4 cm³/mol. The molecule has 0 aliphatic heterocycles. The predicted octanol–water partition coefficient (Wildman–Crippen LogP) is 2.51. The van der Waals surface area contributed by atoms with Crippen molar-refractivity contribution in [3.05, 3.63) is 41.1 Å². The molecular formula is C16H23N3O2. The molecule has 0 aliphatic rings. The summed E-state index contributed by atoms with van der Waals surface area (Å²) in [5.74, 6) is 1.37.